The van der Waals surface area contributed by atoms with E-state index in [1.54, 1.807) is 0 Å². The van der Waals surface area contributed by atoms with Crippen LogP contribution in [0.5, 0.6) is 0 Å². The van der Waals surface area contributed by atoms with Crippen LogP contribution in [0.25, 0.3) is 0 Å². The van der Waals surface area contributed by atoms with Crippen molar-refractivity contribution in [2.75, 3.05) is 0 Å². The molecule has 0 radical (unpaired) electrons. The fourth-order valence-electron chi connectivity index (χ4n) is 1.76. The van der Waals surface area contributed by atoms with Crippen molar-refractivity contribution in [2.24, 2.45) is 5.73 Å². The van der Waals surface area contributed by atoms with Gasteiger partial charge in [0.2, 0.25) is 0 Å². The first-order valence-electron chi connectivity index (χ1n) is 6.37. The normalized spacial score (nSPS) is 14.1. The van der Waals surface area contributed by atoms with E-state index in [1.807, 2.05) is 4.68 Å². The van der Waals surface area contributed by atoms with Gasteiger partial charge in [0, 0.05) is 24.2 Å². The van der Waals surface area contributed by atoms with Gasteiger partial charge in [-0.1, -0.05) is 20.8 Å². The summed E-state index contributed by atoms with van der Waals surface area (Å²) in [6, 6.07) is 2.57. The first-order chi connectivity index (χ1) is 7.54. The Kier molecular flexibility index (Phi) is 4.54. The maximum Gasteiger partial charge on any atom is 0.0643 e. The van der Waals surface area contributed by atoms with Gasteiger partial charge in [-0.2, -0.15) is 5.10 Å². The lowest BCUT2D eigenvalue weighted by Crippen LogP contribution is -2.40. The molecule has 1 unspecified atom stereocenters. The highest BCUT2D eigenvalue weighted by atomic mass is 15.3. The number of rotatable bonds is 6. The van der Waals surface area contributed by atoms with Gasteiger partial charge in [0.05, 0.1) is 5.69 Å². The zero-order valence-corrected chi connectivity index (χ0v) is 11.0. The minimum Gasteiger partial charge on any atom is -0.325 e. The topological polar surface area (TPSA) is 43.8 Å². The Hall–Kier alpha value is -0.830. The average Bonchev–Trinajstić information content (AvgIpc) is 2.76. The summed E-state index contributed by atoms with van der Waals surface area (Å²) in [4.78, 5) is 0. The van der Waals surface area contributed by atoms with Crippen LogP contribution in [0, 0.1) is 0 Å². The zero-order valence-electron chi connectivity index (χ0n) is 11.0. The van der Waals surface area contributed by atoms with Gasteiger partial charge in [-0.25, -0.2) is 0 Å². The second-order valence-electron chi connectivity index (χ2n) is 4.79. The Morgan fingerprint density at radius 3 is 2.50 bits per heavy atom. The third kappa shape index (κ3) is 3.08. The van der Waals surface area contributed by atoms with Gasteiger partial charge in [0.15, 0.2) is 0 Å². The van der Waals surface area contributed by atoms with E-state index in [9.17, 15) is 0 Å². The molecule has 0 amide bonds. The van der Waals surface area contributed by atoms with Crippen LogP contribution in [-0.4, -0.2) is 15.3 Å². The molecule has 3 nitrogen and oxygen atoms in total. The predicted molar refractivity (Wildman–Crippen MR) is 68.4 cm³/mol. The third-order valence-electron chi connectivity index (χ3n) is 3.65. The molecule has 1 rings (SSSR count). The maximum atomic E-state index is 6.30. The van der Waals surface area contributed by atoms with Crippen molar-refractivity contribution >= 4 is 0 Å². The van der Waals surface area contributed by atoms with Gasteiger partial charge in [-0.05, 0) is 32.3 Å². The lowest BCUT2D eigenvalue weighted by atomic mass is 9.89. The summed E-state index contributed by atoms with van der Waals surface area (Å²) in [5, 5.41) is 4.60. The van der Waals surface area contributed by atoms with Crippen molar-refractivity contribution in [3.63, 3.8) is 0 Å². The fourth-order valence-corrected chi connectivity index (χ4v) is 1.76. The molecule has 0 saturated heterocycles. The molecule has 0 aromatic carbocycles. The van der Waals surface area contributed by atoms with E-state index >= 15 is 0 Å². The van der Waals surface area contributed by atoms with Gasteiger partial charge >= 0.3 is 0 Å². The van der Waals surface area contributed by atoms with Crippen LogP contribution in [0.2, 0.25) is 0 Å². The average molecular weight is 223 g/mol. The molecule has 0 fully saturated rings. The molecule has 1 aromatic heterocycles. The minimum atomic E-state index is -0.0887. The second-order valence-corrected chi connectivity index (χ2v) is 4.79. The molecule has 2 N–H and O–H groups in total. The molecule has 16 heavy (non-hydrogen) atoms. The summed E-state index contributed by atoms with van der Waals surface area (Å²) >= 11 is 0. The summed E-state index contributed by atoms with van der Waals surface area (Å²) in [5.74, 6) is 0. The van der Waals surface area contributed by atoms with E-state index in [2.05, 4.69) is 45.1 Å². The van der Waals surface area contributed by atoms with Crippen molar-refractivity contribution in [1.29, 1.82) is 0 Å². The van der Waals surface area contributed by atoms with Crippen molar-refractivity contribution in [3.05, 3.63) is 18.0 Å². The van der Waals surface area contributed by atoms with Crippen molar-refractivity contribution in [1.82, 2.24) is 9.78 Å². The first-order valence-corrected chi connectivity index (χ1v) is 6.37. The molecule has 0 bridgehead atoms. The van der Waals surface area contributed by atoms with E-state index in [-0.39, 0.29) is 5.54 Å². The van der Waals surface area contributed by atoms with Crippen LogP contribution < -0.4 is 5.73 Å². The molecule has 0 aliphatic rings. The number of nitrogens with zero attached hydrogens (tertiary/aromatic N) is 2. The largest absolute Gasteiger partial charge is 0.325 e. The van der Waals surface area contributed by atoms with Crippen LogP contribution in [0.1, 0.15) is 58.7 Å². The summed E-state index contributed by atoms with van der Waals surface area (Å²) < 4.78 is 2.04. The molecule has 0 aliphatic carbocycles. The molecule has 0 spiro atoms. The van der Waals surface area contributed by atoms with Gasteiger partial charge in [-0.15, -0.1) is 0 Å². The van der Waals surface area contributed by atoms with Crippen molar-refractivity contribution in [3.8, 4) is 0 Å². The van der Waals surface area contributed by atoms with Crippen LogP contribution in [0.4, 0.5) is 0 Å². The summed E-state index contributed by atoms with van der Waals surface area (Å²) in [6.45, 7) is 8.66. The summed E-state index contributed by atoms with van der Waals surface area (Å²) in [5.41, 5.74) is 7.33. The van der Waals surface area contributed by atoms with E-state index < -0.39 is 0 Å². The second kappa shape index (κ2) is 5.48. The molecule has 0 saturated carbocycles. The van der Waals surface area contributed by atoms with Gasteiger partial charge in [0.1, 0.15) is 0 Å². The van der Waals surface area contributed by atoms with Gasteiger partial charge in [0.25, 0.3) is 0 Å². The van der Waals surface area contributed by atoms with Crippen molar-refractivity contribution in [2.45, 2.75) is 65.0 Å². The Morgan fingerprint density at radius 1 is 1.38 bits per heavy atom. The lowest BCUT2D eigenvalue weighted by Gasteiger charge is -2.25. The first kappa shape index (κ1) is 13.2. The summed E-state index contributed by atoms with van der Waals surface area (Å²) in [7, 11) is 0. The molecule has 1 atom stereocenters. The van der Waals surface area contributed by atoms with Crippen LogP contribution >= 0.6 is 0 Å². The Balaban J connectivity index is 2.71. The summed E-state index contributed by atoms with van der Waals surface area (Å²) in [6.07, 6.45) is 6.05. The zero-order chi connectivity index (χ0) is 12.2. The van der Waals surface area contributed by atoms with Crippen LogP contribution in [-0.2, 0) is 6.42 Å². The molecule has 3 heteroatoms. The van der Waals surface area contributed by atoms with E-state index in [1.165, 1.54) is 0 Å². The SMILES string of the molecule is CCC(C)n1ccc(CC(N)(CC)CC)n1. The molecular weight excluding hydrogens is 198 g/mol. The molecule has 1 aromatic rings. The van der Waals surface area contributed by atoms with E-state index in [0.29, 0.717) is 6.04 Å². The monoisotopic (exact) mass is 223 g/mol. The van der Waals surface area contributed by atoms with E-state index in [0.717, 1.165) is 31.4 Å². The molecule has 1 heterocycles. The number of hydrogen-bond donors (Lipinski definition) is 1. The maximum absolute atomic E-state index is 6.30. The highest BCUT2D eigenvalue weighted by Gasteiger charge is 2.22. The highest BCUT2D eigenvalue weighted by molar-refractivity contribution is 5.05. The Bertz CT molecular complexity index is 313. The van der Waals surface area contributed by atoms with Crippen molar-refractivity contribution < 1.29 is 0 Å². The fraction of sp³-hybridized carbons (Fsp3) is 0.769. The predicted octanol–water partition coefficient (Wildman–Crippen LogP) is 2.91. The number of nitrogens with two attached hydrogens (primary N) is 1. The van der Waals surface area contributed by atoms with Gasteiger partial charge < -0.3 is 5.73 Å². The third-order valence-corrected chi connectivity index (χ3v) is 3.65. The van der Waals surface area contributed by atoms with Crippen LogP contribution in [0.15, 0.2) is 12.3 Å². The molecule has 92 valence electrons. The standard InChI is InChI=1S/C13H25N3/c1-5-11(4)16-9-8-12(15-16)10-13(14,6-2)7-3/h8-9,11H,5-7,10,14H2,1-4H3. The van der Waals surface area contributed by atoms with Gasteiger partial charge in [-0.3, -0.25) is 4.68 Å². The minimum absolute atomic E-state index is 0.0887. The number of aromatic nitrogens is 2. The molecule has 0 aliphatic heterocycles. The van der Waals surface area contributed by atoms with Crippen LogP contribution in [0.3, 0.4) is 0 Å². The number of hydrogen-bond acceptors (Lipinski definition) is 2. The lowest BCUT2D eigenvalue weighted by molar-refractivity contribution is 0.384. The Morgan fingerprint density at radius 2 is 2.00 bits per heavy atom. The Labute approximate surface area is 99.0 Å². The quantitative estimate of drug-likeness (QED) is 0.806. The highest BCUT2D eigenvalue weighted by Crippen LogP contribution is 2.18. The van der Waals surface area contributed by atoms with E-state index in [4.69, 9.17) is 5.73 Å². The smallest absolute Gasteiger partial charge is 0.0643 e. The molecular formula is C13H25N3.